The van der Waals surface area contributed by atoms with Crippen LogP contribution in [0, 0.1) is 0 Å². The maximum Gasteiger partial charge on any atom is 0.143 e. The van der Waals surface area contributed by atoms with Crippen LogP contribution in [0.2, 0.25) is 0 Å². The molecule has 0 aliphatic heterocycles. The lowest BCUT2D eigenvalue weighted by Gasteiger charge is -2.27. The number of aromatic nitrogens is 1. The predicted octanol–water partition coefficient (Wildman–Crippen LogP) is 1.70. The molecule has 0 saturated heterocycles. The highest BCUT2D eigenvalue weighted by Gasteiger charge is 2.33. The van der Waals surface area contributed by atoms with Crippen LogP contribution >= 0.6 is 0 Å². The van der Waals surface area contributed by atoms with E-state index < -0.39 is 16.4 Å². The summed E-state index contributed by atoms with van der Waals surface area (Å²) < 4.78 is 11.5. The Morgan fingerprint density at radius 1 is 1.17 bits per heavy atom. The number of hydrogen-bond acceptors (Lipinski definition) is 3. The minimum Gasteiger partial charge on any atom is -0.378 e. The molecule has 2 aromatic rings. The number of rotatable bonds is 4. The van der Waals surface area contributed by atoms with E-state index in [2.05, 4.69) is 4.98 Å². The van der Waals surface area contributed by atoms with Crippen molar-refractivity contribution in [3.05, 3.63) is 66.0 Å². The van der Waals surface area contributed by atoms with E-state index in [1.807, 2.05) is 36.4 Å². The van der Waals surface area contributed by atoms with E-state index in [0.29, 0.717) is 11.3 Å². The van der Waals surface area contributed by atoms with Gasteiger partial charge in [-0.3, -0.25) is 9.19 Å². The van der Waals surface area contributed by atoms with Gasteiger partial charge in [-0.05, 0) is 17.7 Å². The topological polar surface area (TPSA) is 50.2 Å². The molecule has 94 valence electrons. The summed E-state index contributed by atoms with van der Waals surface area (Å²) in [6.07, 6.45) is 3.21. The molecule has 1 aromatic carbocycles. The summed E-state index contributed by atoms with van der Waals surface area (Å²) in [5.74, 6) is 0.133. The van der Waals surface area contributed by atoms with Crippen LogP contribution in [0.3, 0.4) is 0 Å². The Morgan fingerprint density at radius 3 is 2.39 bits per heavy atom. The highest BCUT2D eigenvalue weighted by Crippen LogP contribution is 2.28. The van der Waals surface area contributed by atoms with E-state index in [0.717, 1.165) is 0 Å². The van der Waals surface area contributed by atoms with Gasteiger partial charge in [0.25, 0.3) is 0 Å². The van der Waals surface area contributed by atoms with Crippen LogP contribution in [0.5, 0.6) is 0 Å². The minimum atomic E-state index is -1.30. The summed E-state index contributed by atoms with van der Waals surface area (Å²) in [6.45, 7) is 0. The van der Waals surface area contributed by atoms with Gasteiger partial charge < -0.3 is 5.11 Å². The van der Waals surface area contributed by atoms with Crippen LogP contribution in [0.15, 0.2) is 54.7 Å². The van der Waals surface area contributed by atoms with Crippen LogP contribution in [0.4, 0.5) is 0 Å². The zero-order valence-electron chi connectivity index (χ0n) is 10.1. The second kappa shape index (κ2) is 5.42. The van der Waals surface area contributed by atoms with E-state index in [1.54, 1.807) is 24.6 Å². The zero-order chi connectivity index (χ0) is 13.0. The second-order valence-corrected chi connectivity index (χ2v) is 5.59. The second-order valence-electron chi connectivity index (χ2n) is 4.16. The monoisotopic (exact) mass is 261 g/mol. The van der Waals surface area contributed by atoms with Gasteiger partial charge in [-0.25, -0.2) is 0 Å². The Balaban J connectivity index is 2.51. The van der Waals surface area contributed by atoms with Crippen molar-refractivity contribution >= 4 is 10.8 Å². The van der Waals surface area contributed by atoms with Crippen LogP contribution < -0.4 is 0 Å². The summed E-state index contributed by atoms with van der Waals surface area (Å²) in [5.41, 5.74) is -0.0763. The van der Waals surface area contributed by atoms with Crippen molar-refractivity contribution in [2.24, 2.45) is 0 Å². The third kappa shape index (κ3) is 2.66. The minimum absolute atomic E-state index is 0.133. The van der Waals surface area contributed by atoms with Gasteiger partial charge in [-0.2, -0.15) is 0 Å². The van der Waals surface area contributed by atoms with Gasteiger partial charge in [0, 0.05) is 23.3 Å². The van der Waals surface area contributed by atoms with Crippen molar-refractivity contribution in [1.29, 1.82) is 0 Å². The molecule has 3 nitrogen and oxygen atoms in total. The van der Waals surface area contributed by atoms with Gasteiger partial charge in [0.2, 0.25) is 0 Å². The fourth-order valence-corrected chi connectivity index (χ4v) is 2.82. The quantitative estimate of drug-likeness (QED) is 0.911. The third-order valence-corrected chi connectivity index (χ3v) is 3.58. The van der Waals surface area contributed by atoms with Gasteiger partial charge in [-0.15, -0.1) is 0 Å². The normalized spacial score (nSPS) is 15.9. The van der Waals surface area contributed by atoms with Crippen molar-refractivity contribution in [2.75, 3.05) is 12.0 Å². The maximum atomic E-state index is 11.5. The Kier molecular flexibility index (Phi) is 3.89. The Hall–Kier alpha value is -1.52. The molecule has 0 radical (unpaired) electrons. The number of aliphatic hydroxyl groups is 1. The molecule has 0 fully saturated rings. The zero-order valence-corrected chi connectivity index (χ0v) is 10.9. The first-order chi connectivity index (χ1) is 8.63. The van der Waals surface area contributed by atoms with Crippen molar-refractivity contribution in [1.82, 2.24) is 4.98 Å². The van der Waals surface area contributed by atoms with Gasteiger partial charge in [0.1, 0.15) is 5.60 Å². The van der Waals surface area contributed by atoms with E-state index in [1.165, 1.54) is 0 Å². The molecule has 0 spiro atoms. The van der Waals surface area contributed by atoms with E-state index in [4.69, 9.17) is 0 Å². The molecule has 0 saturated carbocycles. The fraction of sp³-hybridized carbons (Fsp3) is 0.214. The van der Waals surface area contributed by atoms with Crippen molar-refractivity contribution in [2.45, 2.75) is 5.60 Å². The molecule has 0 bridgehead atoms. The summed E-state index contributed by atoms with van der Waals surface area (Å²) >= 11 is 0. The third-order valence-electron chi connectivity index (χ3n) is 2.75. The van der Waals surface area contributed by atoms with E-state index in [9.17, 15) is 9.32 Å². The Bertz CT molecular complexity index is 489. The van der Waals surface area contributed by atoms with Crippen LogP contribution in [0.25, 0.3) is 0 Å². The molecule has 18 heavy (non-hydrogen) atoms. The smallest absolute Gasteiger partial charge is 0.143 e. The average Bonchev–Trinajstić information content (AvgIpc) is 2.40. The van der Waals surface area contributed by atoms with Gasteiger partial charge in [0.05, 0.1) is 11.4 Å². The molecule has 1 aromatic heterocycles. The molecule has 0 aliphatic rings. The number of hydrogen-bond donors (Lipinski definition) is 1. The molecule has 0 amide bonds. The molecule has 1 N–H and O–H groups in total. The lowest BCUT2D eigenvalue weighted by atomic mass is 9.92. The lowest BCUT2D eigenvalue weighted by Crippen LogP contribution is -2.34. The Morgan fingerprint density at radius 2 is 1.83 bits per heavy atom. The van der Waals surface area contributed by atoms with Gasteiger partial charge in [-0.1, -0.05) is 36.4 Å². The first kappa shape index (κ1) is 12.9. The molecule has 2 rings (SSSR count). The molecule has 4 heteroatoms. The number of pyridine rings is 1. The summed E-state index contributed by atoms with van der Waals surface area (Å²) in [7, 11) is -1.13. The average molecular weight is 261 g/mol. The molecule has 2 unspecified atom stereocenters. The first-order valence-corrected chi connectivity index (χ1v) is 7.35. The largest absolute Gasteiger partial charge is 0.378 e. The van der Waals surface area contributed by atoms with E-state index in [-0.39, 0.29) is 5.75 Å². The maximum absolute atomic E-state index is 11.5. The van der Waals surface area contributed by atoms with Crippen molar-refractivity contribution in [3.63, 3.8) is 0 Å². The molecule has 2 atom stereocenters. The van der Waals surface area contributed by atoms with Crippen LogP contribution in [-0.4, -0.2) is 26.3 Å². The summed E-state index contributed by atoms with van der Waals surface area (Å²) in [4.78, 5) is 4.20. The lowest BCUT2D eigenvalue weighted by molar-refractivity contribution is 0.102. The molecular weight excluding hydrogens is 246 g/mol. The van der Waals surface area contributed by atoms with E-state index >= 15 is 0 Å². The van der Waals surface area contributed by atoms with Crippen LogP contribution in [0.1, 0.15) is 11.3 Å². The highest BCUT2D eigenvalue weighted by molar-refractivity contribution is 7.84. The van der Waals surface area contributed by atoms with Gasteiger partial charge in [0.15, 0.2) is 0 Å². The standard InChI is InChI=1S/C14H15NO2S/c1-18(17)11-14(16,12-7-3-2-4-8-12)13-9-5-6-10-15-13/h2-10,16H,11H2,1H3. The number of nitrogens with zero attached hydrogens (tertiary/aromatic N) is 1. The Labute approximate surface area is 109 Å². The summed E-state index contributed by atoms with van der Waals surface area (Å²) in [5, 5.41) is 10.9. The SMILES string of the molecule is CS(=O)CC(O)(c1ccccc1)c1ccccn1. The molecule has 0 aliphatic carbocycles. The molecule has 1 heterocycles. The fourth-order valence-electron chi connectivity index (χ4n) is 1.92. The highest BCUT2D eigenvalue weighted by atomic mass is 32.2. The first-order valence-electron chi connectivity index (χ1n) is 5.62. The van der Waals surface area contributed by atoms with Crippen molar-refractivity contribution < 1.29 is 9.32 Å². The van der Waals surface area contributed by atoms with Crippen LogP contribution in [-0.2, 0) is 16.4 Å². The van der Waals surface area contributed by atoms with Crippen molar-refractivity contribution in [3.8, 4) is 0 Å². The van der Waals surface area contributed by atoms with Gasteiger partial charge >= 0.3 is 0 Å². The molecular formula is C14H15NO2S. The predicted molar refractivity (Wildman–Crippen MR) is 72.6 cm³/mol. The summed E-state index contributed by atoms with van der Waals surface area (Å²) in [6, 6.07) is 14.6. The number of benzene rings is 1.